The topological polar surface area (TPSA) is 105 Å². The average molecular weight is 626 g/mol. The molecule has 0 saturated heterocycles. The van der Waals surface area contributed by atoms with E-state index >= 15 is 0 Å². The molecular weight excluding hydrogens is 585 g/mol. The number of sulfonamides is 1. The van der Waals surface area contributed by atoms with Crippen LogP contribution in [0.25, 0.3) is 0 Å². The number of anilines is 1. The van der Waals surface area contributed by atoms with Crippen molar-refractivity contribution < 1.29 is 31.9 Å². The van der Waals surface area contributed by atoms with Crippen molar-refractivity contribution in [2.75, 3.05) is 25.1 Å². The summed E-state index contributed by atoms with van der Waals surface area (Å²) < 4.78 is 53.7. The summed E-state index contributed by atoms with van der Waals surface area (Å²) in [6, 6.07) is 15.9. The van der Waals surface area contributed by atoms with Crippen molar-refractivity contribution in [3.63, 3.8) is 0 Å². The summed E-state index contributed by atoms with van der Waals surface area (Å²) in [5.41, 5.74) is 1.80. The molecule has 2 amide bonds. The largest absolute Gasteiger partial charge is 0.493 e. The molecule has 4 rings (SSSR count). The molecule has 9 nitrogen and oxygen atoms in total. The summed E-state index contributed by atoms with van der Waals surface area (Å²) in [5.74, 6) is -0.721. The normalized spacial score (nSPS) is 14.1. The van der Waals surface area contributed by atoms with Crippen molar-refractivity contribution in [1.82, 2.24) is 10.2 Å². The summed E-state index contributed by atoms with van der Waals surface area (Å²) in [5, 5.41) is 3.08. The maximum atomic E-state index is 14.2. The van der Waals surface area contributed by atoms with Crippen LogP contribution in [0.5, 0.6) is 11.5 Å². The van der Waals surface area contributed by atoms with Crippen molar-refractivity contribution >= 4 is 27.5 Å². The number of carbonyl (C=O) groups is 2. The van der Waals surface area contributed by atoms with Crippen molar-refractivity contribution in [2.24, 2.45) is 0 Å². The molecule has 1 fully saturated rings. The Kier molecular flexibility index (Phi) is 10.9. The van der Waals surface area contributed by atoms with Gasteiger partial charge in [0.25, 0.3) is 10.0 Å². The number of hydrogen-bond acceptors (Lipinski definition) is 6. The van der Waals surface area contributed by atoms with E-state index in [0.717, 1.165) is 35.6 Å². The first-order chi connectivity index (χ1) is 21.1. The third-order valence-electron chi connectivity index (χ3n) is 7.90. The van der Waals surface area contributed by atoms with Gasteiger partial charge in [0, 0.05) is 18.7 Å². The highest BCUT2D eigenvalue weighted by atomic mass is 32.2. The minimum atomic E-state index is -4.30. The Morgan fingerprint density at radius 1 is 0.955 bits per heavy atom. The second-order valence-corrected chi connectivity index (χ2v) is 12.8. The third kappa shape index (κ3) is 7.68. The van der Waals surface area contributed by atoms with Gasteiger partial charge in [-0.25, -0.2) is 12.8 Å². The maximum absolute atomic E-state index is 14.2. The first kappa shape index (κ1) is 32.8. The standard InChI is InChI=1S/C33H40FN3O6S/c1-5-29(33(39)35-26-8-6-7-9-26)36(21-24-12-14-25(34)15-13-24)32(38)22-37(27-16-10-23(2)11-17-27)44(40,41)28-18-19-30(42-3)31(20-28)43-4/h10-20,26,29H,5-9,21-22H2,1-4H3,(H,35,39)/t29-/m1/s1. The van der Waals surface area contributed by atoms with Crippen molar-refractivity contribution in [2.45, 2.75) is 69.5 Å². The predicted molar refractivity (Wildman–Crippen MR) is 167 cm³/mol. The fraction of sp³-hybridized carbons (Fsp3) is 0.394. The van der Waals surface area contributed by atoms with Crippen LogP contribution in [-0.4, -0.2) is 58.0 Å². The molecule has 0 bridgehead atoms. The molecule has 0 radical (unpaired) electrons. The zero-order valence-corrected chi connectivity index (χ0v) is 26.4. The van der Waals surface area contributed by atoms with Gasteiger partial charge in [-0.1, -0.05) is 49.6 Å². The number of aryl methyl sites for hydroxylation is 1. The molecule has 1 N–H and O–H groups in total. The third-order valence-corrected chi connectivity index (χ3v) is 9.67. The van der Waals surface area contributed by atoms with E-state index in [1.807, 2.05) is 13.8 Å². The van der Waals surface area contributed by atoms with Gasteiger partial charge in [0.05, 0.1) is 24.8 Å². The van der Waals surface area contributed by atoms with E-state index in [2.05, 4.69) is 5.32 Å². The van der Waals surface area contributed by atoms with Crippen LogP contribution in [-0.2, 0) is 26.2 Å². The molecule has 0 heterocycles. The number of ether oxygens (including phenoxy) is 2. The molecule has 1 aliphatic rings. The molecule has 1 aliphatic carbocycles. The molecule has 1 saturated carbocycles. The van der Waals surface area contributed by atoms with Crippen LogP contribution in [0, 0.1) is 12.7 Å². The smallest absolute Gasteiger partial charge is 0.264 e. The number of hydrogen-bond donors (Lipinski definition) is 1. The fourth-order valence-corrected chi connectivity index (χ4v) is 6.85. The number of benzene rings is 3. The molecule has 11 heteroatoms. The van der Waals surface area contributed by atoms with Gasteiger partial charge in [-0.05, 0) is 68.1 Å². The van der Waals surface area contributed by atoms with E-state index in [-0.39, 0.29) is 34.8 Å². The summed E-state index contributed by atoms with van der Waals surface area (Å²) in [4.78, 5) is 29.1. The average Bonchev–Trinajstić information content (AvgIpc) is 3.53. The Balaban J connectivity index is 1.73. The molecule has 236 valence electrons. The highest BCUT2D eigenvalue weighted by Crippen LogP contribution is 2.32. The van der Waals surface area contributed by atoms with Crippen LogP contribution in [0.3, 0.4) is 0 Å². The van der Waals surface area contributed by atoms with E-state index in [1.54, 1.807) is 36.4 Å². The van der Waals surface area contributed by atoms with Gasteiger partial charge in [-0.15, -0.1) is 0 Å². The molecule has 1 atom stereocenters. The van der Waals surface area contributed by atoms with Gasteiger partial charge >= 0.3 is 0 Å². The van der Waals surface area contributed by atoms with E-state index < -0.39 is 34.3 Å². The summed E-state index contributed by atoms with van der Waals surface area (Å²) in [7, 11) is -1.45. The molecule has 44 heavy (non-hydrogen) atoms. The molecule has 0 aliphatic heterocycles. The lowest BCUT2D eigenvalue weighted by molar-refractivity contribution is -0.140. The number of carbonyl (C=O) groups excluding carboxylic acids is 2. The van der Waals surface area contributed by atoms with Crippen molar-refractivity contribution in [1.29, 1.82) is 0 Å². The van der Waals surface area contributed by atoms with Crippen LogP contribution in [0.15, 0.2) is 71.6 Å². The summed E-state index contributed by atoms with van der Waals surface area (Å²) in [6.45, 7) is 3.10. The first-order valence-corrected chi connectivity index (χ1v) is 16.2. The Labute approximate surface area is 259 Å². The monoisotopic (exact) mass is 625 g/mol. The highest BCUT2D eigenvalue weighted by molar-refractivity contribution is 7.92. The van der Waals surface area contributed by atoms with Crippen LogP contribution in [0.1, 0.15) is 50.2 Å². The van der Waals surface area contributed by atoms with Crippen LogP contribution >= 0.6 is 0 Å². The second-order valence-electron chi connectivity index (χ2n) is 10.9. The molecular formula is C33H40FN3O6S. The zero-order chi connectivity index (χ0) is 31.9. The SMILES string of the molecule is CC[C@H](C(=O)NC1CCCC1)N(Cc1ccc(F)cc1)C(=O)CN(c1ccc(C)cc1)S(=O)(=O)c1ccc(OC)c(OC)c1. The molecule has 3 aromatic rings. The quantitative estimate of drug-likeness (QED) is 0.280. The van der Waals surface area contributed by atoms with E-state index in [4.69, 9.17) is 9.47 Å². The van der Waals surface area contributed by atoms with Gasteiger partial charge in [-0.2, -0.15) is 0 Å². The lowest BCUT2D eigenvalue weighted by Crippen LogP contribution is -2.53. The fourth-order valence-electron chi connectivity index (χ4n) is 5.42. The summed E-state index contributed by atoms with van der Waals surface area (Å²) >= 11 is 0. The number of nitrogens with one attached hydrogen (secondary N) is 1. The highest BCUT2D eigenvalue weighted by Gasteiger charge is 2.35. The van der Waals surface area contributed by atoms with Gasteiger partial charge in [0.1, 0.15) is 18.4 Å². The summed E-state index contributed by atoms with van der Waals surface area (Å²) in [6.07, 6.45) is 4.11. The molecule has 0 spiro atoms. The minimum Gasteiger partial charge on any atom is -0.493 e. The maximum Gasteiger partial charge on any atom is 0.264 e. The van der Waals surface area contributed by atoms with Gasteiger partial charge in [0.15, 0.2) is 11.5 Å². The van der Waals surface area contributed by atoms with Crippen molar-refractivity contribution in [3.8, 4) is 11.5 Å². The molecule has 0 aromatic heterocycles. The molecule has 3 aromatic carbocycles. The number of rotatable bonds is 13. The van der Waals surface area contributed by atoms with E-state index in [0.29, 0.717) is 17.7 Å². The number of methoxy groups -OCH3 is 2. The lowest BCUT2D eigenvalue weighted by Gasteiger charge is -2.34. The molecule has 0 unspecified atom stereocenters. The first-order valence-electron chi connectivity index (χ1n) is 14.7. The van der Waals surface area contributed by atoms with Gasteiger partial charge < -0.3 is 19.7 Å². The minimum absolute atomic E-state index is 0.00610. The van der Waals surface area contributed by atoms with Crippen LogP contribution < -0.4 is 19.1 Å². The second kappa shape index (κ2) is 14.6. The number of halogens is 1. The van der Waals surface area contributed by atoms with Gasteiger partial charge in [-0.3, -0.25) is 13.9 Å². The van der Waals surface area contributed by atoms with Crippen molar-refractivity contribution in [3.05, 3.63) is 83.7 Å². The van der Waals surface area contributed by atoms with Gasteiger partial charge in [0.2, 0.25) is 11.8 Å². The Bertz CT molecular complexity index is 1540. The van der Waals surface area contributed by atoms with Crippen LogP contribution in [0.4, 0.5) is 10.1 Å². The Morgan fingerprint density at radius 3 is 2.18 bits per heavy atom. The lowest BCUT2D eigenvalue weighted by atomic mass is 10.1. The van der Waals surface area contributed by atoms with E-state index in [9.17, 15) is 22.4 Å². The van der Waals surface area contributed by atoms with Crippen LogP contribution in [0.2, 0.25) is 0 Å². The van der Waals surface area contributed by atoms with E-state index in [1.165, 1.54) is 49.5 Å². The predicted octanol–water partition coefficient (Wildman–Crippen LogP) is 5.21. The zero-order valence-electron chi connectivity index (χ0n) is 25.6. The Hall–Kier alpha value is -4.12. The number of amides is 2. The Morgan fingerprint density at radius 2 is 1.59 bits per heavy atom. The number of nitrogens with zero attached hydrogens (tertiary/aromatic N) is 2.